The Bertz CT molecular complexity index is 910. The van der Waals surface area contributed by atoms with Gasteiger partial charge in [0.2, 0.25) is 0 Å². The molecule has 1 aromatic heterocycles. The van der Waals surface area contributed by atoms with Crippen LogP contribution in [0.4, 0.5) is 24.5 Å². The summed E-state index contributed by atoms with van der Waals surface area (Å²) in [5.41, 5.74) is 1.78. The van der Waals surface area contributed by atoms with Gasteiger partial charge in [-0.05, 0) is 17.7 Å². The molecule has 0 fully saturated rings. The average molecular weight is 391 g/mol. The molecule has 0 saturated carbocycles. The Morgan fingerprint density at radius 3 is 2.37 bits per heavy atom. The van der Waals surface area contributed by atoms with Gasteiger partial charge in [0.1, 0.15) is 12.2 Å². The van der Waals surface area contributed by atoms with Crippen molar-refractivity contribution in [2.45, 2.75) is 12.6 Å². The molecule has 0 bridgehead atoms. The number of hydrogen-bond acceptors (Lipinski definition) is 4. The van der Waals surface area contributed by atoms with Crippen molar-refractivity contribution < 1.29 is 18.0 Å². The first-order valence-electron chi connectivity index (χ1n) is 8.10. The first-order valence-corrected chi connectivity index (χ1v) is 8.98. The Labute approximate surface area is 158 Å². The fourth-order valence-electron chi connectivity index (χ4n) is 2.39. The second-order valence-electron chi connectivity index (χ2n) is 5.76. The molecule has 0 saturated heterocycles. The van der Waals surface area contributed by atoms with Crippen LogP contribution in [0.1, 0.15) is 21.1 Å². The number of carbonyl (C=O) groups excluding carboxylic acids is 1. The molecule has 27 heavy (non-hydrogen) atoms. The number of halogens is 3. The van der Waals surface area contributed by atoms with E-state index in [4.69, 9.17) is 0 Å². The highest BCUT2D eigenvalue weighted by molar-refractivity contribution is 7.09. The number of nitrogens with one attached hydrogen (secondary N) is 2. The van der Waals surface area contributed by atoms with Crippen molar-refractivity contribution in [3.63, 3.8) is 0 Å². The van der Waals surface area contributed by atoms with Gasteiger partial charge in [0.25, 0.3) is 5.91 Å². The zero-order chi connectivity index (χ0) is 19.3. The van der Waals surface area contributed by atoms with Crippen molar-refractivity contribution in [2.75, 3.05) is 17.2 Å². The largest absolute Gasteiger partial charge is 0.405 e. The van der Waals surface area contributed by atoms with Crippen molar-refractivity contribution in [1.82, 2.24) is 4.98 Å². The number of anilines is 2. The van der Waals surface area contributed by atoms with Crippen LogP contribution in [0.25, 0.3) is 0 Å². The minimum Gasteiger partial charge on any atom is -0.375 e. The highest BCUT2D eigenvalue weighted by Crippen LogP contribution is 2.24. The summed E-state index contributed by atoms with van der Waals surface area (Å²) in [4.78, 5) is 16.7. The normalized spacial score (nSPS) is 11.2. The lowest BCUT2D eigenvalue weighted by molar-refractivity contribution is -0.115. The molecule has 0 atom stereocenters. The van der Waals surface area contributed by atoms with Crippen LogP contribution < -0.4 is 10.6 Å². The fraction of sp³-hybridized carbons (Fsp3) is 0.158. The summed E-state index contributed by atoms with van der Waals surface area (Å²) < 4.78 is 37.3. The highest BCUT2D eigenvalue weighted by atomic mass is 32.1. The van der Waals surface area contributed by atoms with E-state index in [0.717, 1.165) is 10.6 Å². The smallest absolute Gasteiger partial charge is 0.375 e. The van der Waals surface area contributed by atoms with Gasteiger partial charge in [-0.2, -0.15) is 13.2 Å². The molecule has 140 valence electrons. The van der Waals surface area contributed by atoms with Gasteiger partial charge in [-0.25, -0.2) is 4.98 Å². The maximum Gasteiger partial charge on any atom is 0.405 e. The van der Waals surface area contributed by atoms with Crippen LogP contribution in [0.15, 0.2) is 60.0 Å². The molecule has 4 nitrogen and oxygen atoms in total. The van der Waals surface area contributed by atoms with E-state index < -0.39 is 18.6 Å². The third-order valence-electron chi connectivity index (χ3n) is 3.64. The van der Waals surface area contributed by atoms with E-state index in [1.165, 1.54) is 23.5 Å². The van der Waals surface area contributed by atoms with Crippen molar-refractivity contribution in [1.29, 1.82) is 0 Å². The van der Waals surface area contributed by atoms with Crippen LogP contribution >= 0.6 is 11.3 Å². The lowest BCUT2D eigenvalue weighted by Crippen LogP contribution is -2.22. The first-order chi connectivity index (χ1) is 12.9. The zero-order valence-electron chi connectivity index (χ0n) is 14.1. The monoisotopic (exact) mass is 391 g/mol. The van der Waals surface area contributed by atoms with Gasteiger partial charge in [0, 0.05) is 11.8 Å². The highest BCUT2D eigenvalue weighted by Gasteiger charge is 2.27. The number of amides is 1. The Morgan fingerprint density at radius 2 is 1.67 bits per heavy atom. The summed E-state index contributed by atoms with van der Waals surface area (Å²) in [6.07, 6.45) is -3.74. The van der Waals surface area contributed by atoms with E-state index in [1.807, 2.05) is 30.3 Å². The Kier molecular flexibility index (Phi) is 5.75. The van der Waals surface area contributed by atoms with Crippen molar-refractivity contribution in [2.24, 2.45) is 0 Å². The first kappa shape index (κ1) is 18.9. The predicted octanol–water partition coefficient (Wildman–Crippen LogP) is 4.96. The molecule has 3 aromatic rings. The minimum atomic E-state index is -4.35. The molecule has 0 aliphatic carbocycles. The number of rotatable bonds is 6. The molecule has 0 unspecified atom stereocenters. The SMILES string of the molecule is O=C(Nc1ccccc1NCC(F)(F)F)c1csc(Cc2ccccc2)n1. The predicted molar refractivity (Wildman–Crippen MR) is 100 cm³/mol. The fourth-order valence-corrected chi connectivity index (χ4v) is 3.20. The van der Waals surface area contributed by atoms with Gasteiger partial charge in [-0.15, -0.1) is 11.3 Å². The van der Waals surface area contributed by atoms with Crippen LogP contribution in [0.5, 0.6) is 0 Å². The molecule has 3 rings (SSSR count). The Balaban J connectivity index is 1.67. The summed E-state index contributed by atoms with van der Waals surface area (Å²) in [6, 6.07) is 16.0. The summed E-state index contributed by atoms with van der Waals surface area (Å²) in [5.74, 6) is -0.466. The molecule has 0 aliphatic heterocycles. The molecule has 2 N–H and O–H groups in total. The number of thiazole rings is 1. The summed E-state index contributed by atoms with van der Waals surface area (Å²) in [7, 11) is 0. The summed E-state index contributed by atoms with van der Waals surface area (Å²) >= 11 is 1.36. The number of alkyl halides is 3. The minimum absolute atomic E-state index is 0.197. The molecule has 0 aliphatic rings. The van der Waals surface area contributed by atoms with Crippen LogP contribution in [0.2, 0.25) is 0 Å². The second kappa shape index (κ2) is 8.22. The number of hydrogen-bond donors (Lipinski definition) is 2. The average Bonchev–Trinajstić information content (AvgIpc) is 3.10. The second-order valence-corrected chi connectivity index (χ2v) is 6.70. The third-order valence-corrected chi connectivity index (χ3v) is 4.49. The molecule has 8 heteroatoms. The molecule has 0 radical (unpaired) electrons. The number of para-hydroxylation sites is 2. The van der Waals surface area contributed by atoms with E-state index in [2.05, 4.69) is 15.6 Å². The zero-order valence-corrected chi connectivity index (χ0v) is 14.9. The van der Waals surface area contributed by atoms with Gasteiger partial charge in [-0.3, -0.25) is 4.79 Å². The maximum atomic E-state index is 12.4. The van der Waals surface area contributed by atoms with Gasteiger partial charge < -0.3 is 10.6 Å². The quantitative estimate of drug-likeness (QED) is 0.624. The lowest BCUT2D eigenvalue weighted by Gasteiger charge is -2.14. The van der Waals surface area contributed by atoms with E-state index >= 15 is 0 Å². The van der Waals surface area contributed by atoms with Gasteiger partial charge in [0.15, 0.2) is 0 Å². The molecular formula is C19H16F3N3OS. The van der Waals surface area contributed by atoms with Gasteiger partial charge in [-0.1, -0.05) is 42.5 Å². The van der Waals surface area contributed by atoms with Crippen LogP contribution in [0.3, 0.4) is 0 Å². The molecule has 1 amide bonds. The van der Waals surface area contributed by atoms with Crippen molar-refractivity contribution in [3.05, 3.63) is 76.2 Å². The number of benzene rings is 2. The van der Waals surface area contributed by atoms with Crippen molar-refractivity contribution in [3.8, 4) is 0 Å². The van der Waals surface area contributed by atoms with Gasteiger partial charge in [0.05, 0.1) is 16.4 Å². The molecular weight excluding hydrogens is 375 g/mol. The number of aromatic nitrogens is 1. The van der Waals surface area contributed by atoms with Crippen molar-refractivity contribution >= 4 is 28.6 Å². The number of nitrogens with zero attached hydrogens (tertiary/aromatic N) is 1. The van der Waals surface area contributed by atoms with E-state index in [0.29, 0.717) is 6.42 Å². The third kappa shape index (κ3) is 5.55. The topological polar surface area (TPSA) is 54.0 Å². The standard InChI is InChI=1S/C19H16F3N3OS/c20-19(21,22)12-23-14-8-4-5-9-15(14)25-18(26)16-11-27-17(24-16)10-13-6-2-1-3-7-13/h1-9,11,23H,10,12H2,(H,25,26). The van der Waals surface area contributed by atoms with E-state index in [1.54, 1.807) is 17.5 Å². The van der Waals surface area contributed by atoms with E-state index in [9.17, 15) is 18.0 Å². The lowest BCUT2D eigenvalue weighted by atomic mass is 10.2. The maximum absolute atomic E-state index is 12.4. The molecule has 2 aromatic carbocycles. The van der Waals surface area contributed by atoms with Crippen LogP contribution in [0, 0.1) is 0 Å². The number of carbonyl (C=O) groups is 1. The van der Waals surface area contributed by atoms with Crippen LogP contribution in [-0.2, 0) is 6.42 Å². The Morgan fingerprint density at radius 1 is 1.00 bits per heavy atom. The summed E-state index contributed by atoms with van der Waals surface area (Å²) in [6.45, 7) is -1.18. The summed E-state index contributed by atoms with van der Waals surface area (Å²) in [5, 5.41) is 7.33. The van der Waals surface area contributed by atoms with Crippen LogP contribution in [-0.4, -0.2) is 23.6 Å². The molecule has 0 spiro atoms. The Hall–Kier alpha value is -2.87. The van der Waals surface area contributed by atoms with E-state index in [-0.39, 0.29) is 17.1 Å². The van der Waals surface area contributed by atoms with Gasteiger partial charge >= 0.3 is 6.18 Å². The molecule has 1 heterocycles.